The van der Waals surface area contributed by atoms with E-state index in [0.29, 0.717) is 35.7 Å². The van der Waals surface area contributed by atoms with Gasteiger partial charge in [0.05, 0.1) is 18.4 Å². The van der Waals surface area contributed by atoms with Crippen LogP contribution < -0.4 is 10.1 Å². The molecule has 3 aromatic carbocycles. The Bertz CT molecular complexity index is 1060. The molecule has 1 heterocycles. The van der Waals surface area contributed by atoms with Crippen molar-refractivity contribution in [3.05, 3.63) is 95.6 Å². The summed E-state index contributed by atoms with van der Waals surface area (Å²) in [6.45, 7) is 3.85. The van der Waals surface area contributed by atoms with Crippen LogP contribution >= 0.6 is 0 Å². The summed E-state index contributed by atoms with van der Waals surface area (Å²) in [5, 5.41) is 2.89. The Morgan fingerprint density at radius 3 is 2.19 bits per heavy atom. The Kier molecular flexibility index (Phi) is 6.82. The quantitative estimate of drug-likeness (QED) is 0.646. The van der Waals surface area contributed by atoms with E-state index in [1.165, 1.54) is 5.56 Å². The van der Waals surface area contributed by atoms with E-state index >= 15 is 0 Å². The van der Waals surface area contributed by atoms with Gasteiger partial charge in [-0.3, -0.25) is 14.5 Å². The molecule has 3 aromatic rings. The van der Waals surface area contributed by atoms with Gasteiger partial charge in [0.1, 0.15) is 5.75 Å². The van der Waals surface area contributed by atoms with Crippen molar-refractivity contribution in [2.75, 3.05) is 38.6 Å². The monoisotopic (exact) mass is 429 g/mol. The number of ether oxygens (including phenoxy) is 1. The molecular weight excluding hydrogens is 402 g/mol. The largest absolute Gasteiger partial charge is 0.497 e. The molecule has 0 unspecified atom stereocenters. The number of nitrogens with zero attached hydrogens (tertiary/aromatic N) is 2. The first-order valence-corrected chi connectivity index (χ1v) is 10.7. The van der Waals surface area contributed by atoms with Gasteiger partial charge in [-0.05, 0) is 42.0 Å². The predicted molar refractivity (Wildman–Crippen MR) is 125 cm³/mol. The molecule has 1 fully saturated rings. The van der Waals surface area contributed by atoms with Gasteiger partial charge < -0.3 is 15.0 Å². The molecule has 0 saturated carbocycles. The number of hydrogen-bond donors (Lipinski definition) is 1. The lowest BCUT2D eigenvalue weighted by molar-refractivity contribution is 0.0629. The molecule has 6 nitrogen and oxygen atoms in total. The number of amides is 2. The maximum absolute atomic E-state index is 13.2. The molecule has 4 rings (SSSR count). The fourth-order valence-electron chi connectivity index (χ4n) is 3.84. The highest BCUT2D eigenvalue weighted by Crippen LogP contribution is 2.20. The van der Waals surface area contributed by atoms with Crippen molar-refractivity contribution in [2.45, 2.75) is 6.54 Å². The van der Waals surface area contributed by atoms with Crippen molar-refractivity contribution >= 4 is 17.5 Å². The number of nitrogens with one attached hydrogen (secondary N) is 1. The summed E-state index contributed by atoms with van der Waals surface area (Å²) in [4.78, 5) is 30.1. The highest BCUT2D eigenvalue weighted by molar-refractivity contribution is 6.09. The van der Waals surface area contributed by atoms with Gasteiger partial charge in [-0.25, -0.2) is 0 Å². The van der Waals surface area contributed by atoms with Gasteiger partial charge in [0.15, 0.2) is 0 Å². The molecular formula is C26H27N3O3. The minimum Gasteiger partial charge on any atom is -0.497 e. The first-order chi connectivity index (χ1) is 15.6. The van der Waals surface area contributed by atoms with E-state index in [1.54, 1.807) is 43.5 Å². The molecule has 1 saturated heterocycles. The van der Waals surface area contributed by atoms with Gasteiger partial charge in [-0.2, -0.15) is 0 Å². The zero-order chi connectivity index (χ0) is 22.3. The summed E-state index contributed by atoms with van der Waals surface area (Å²) in [6.07, 6.45) is 0. The molecule has 32 heavy (non-hydrogen) atoms. The second-order valence-corrected chi connectivity index (χ2v) is 7.78. The SMILES string of the molecule is COc1ccc(C(=O)Nc2ccccc2C(=O)N2CCN(Cc3ccccc3)CC2)cc1. The number of carbonyl (C=O) groups is 2. The molecule has 1 aliphatic heterocycles. The summed E-state index contributed by atoms with van der Waals surface area (Å²) in [5.41, 5.74) is 2.80. The molecule has 1 aliphatic rings. The van der Waals surface area contributed by atoms with Crippen LogP contribution in [0.25, 0.3) is 0 Å². The topological polar surface area (TPSA) is 61.9 Å². The van der Waals surface area contributed by atoms with Gasteiger partial charge in [0.2, 0.25) is 0 Å². The third kappa shape index (κ3) is 5.15. The van der Waals surface area contributed by atoms with E-state index in [2.05, 4.69) is 22.3 Å². The van der Waals surface area contributed by atoms with E-state index in [0.717, 1.165) is 19.6 Å². The fraction of sp³-hybridized carbons (Fsp3) is 0.231. The lowest BCUT2D eigenvalue weighted by Crippen LogP contribution is -2.48. The highest BCUT2D eigenvalue weighted by atomic mass is 16.5. The number of methoxy groups -OCH3 is 1. The molecule has 0 radical (unpaired) electrons. The highest BCUT2D eigenvalue weighted by Gasteiger charge is 2.24. The van der Waals surface area contributed by atoms with Crippen molar-refractivity contribution in [3.8, 4) is 5.75 Å². The van der Waals surface area contributed by atoms with E-state index < -0.39 is 0 Å². The van der Waals surface area contributed by atoms with Crippen LogP contribution in [-0.2, 0) is 6.54 Å². The molecule has 2 amide bonds. The Morgan fingerprint density at radius 1 is 0.844 bits per heavy atom. The first kappa shape index (κ1) is 21.6. The lowest BCUT2D eigenvalue weighted by Gasteiger charge is -2.35. The van der Waals surface area contributed by atoms with Gasteiger partial charge in [-0.15, -0.1) is 0 Å². The zero-order valence-electron chi connectivity index (χ0n) is 18.2. The van der Waals surface area contributed by atoms with Crippen molar-refractivity contribution in [3.63, 3.8) is 0 Å². The molecule has 0 bridgehead atoms. The summed E-state index contributed by atoms with van der Waals surface area (Å²) in [7, 11) is 1.58. The minimum absolute atomic E-state index is 0.0602. The average Bonchev–Trinajstić information content (AvgIpc) is 2.85. The van der Waals surface area contributed by atoms with Crippen LogP contribution in [0.2, 0.25) is 0 Å². The van der Waals surface area contributed by atoms with Gasteiger partial charge in [0, 0.05) is 38.3 Å². The molecule has 0 aromatic heterocycles. The Morgan fingerprint density at radius 2 is 1.50 bits per heavy atom. The van der Waals surface area contributed by atoms with Crippen LogP contribution in [0.3, 0.4) is 0 Å². The van der Waals surface area contributed by atoms with Crippen molar-refractivity contribution in [1.29, 1.82) is 0 Å². The van der Waals surface area contributed by atoms with Crippen molar-refractivity contribution in [2.24, 2.45) is 0 Å². The predicted octanol–water partition coefficient (Wildman–Crippen LogP) is 3.91. The third-order valence-electron chi connectivity index (χ3n) is 5.67. The molecule has 0 aliphatic carbocycles. The van der Waals surface area contributed by atoms with Crippen LogP contribution in [0, 0.1) is 0 Å². The minimum atomic E-state index is -0.263. The number of anilines is 1. The Hall–Kier alpha value is -3.64. The van der Waals surface area contributed by atoms with Crippen LogP contribution in [0.5, 0.6) is 5.75 Å². The maximum atomic E-state index is 13.2. The van der Waals surface area contributed by atoms with Gasteiger partial charge >= 0.3 is 0 Å². The maximum Gasteiger partial charge on any atom is 0.256 e. The van der Waals surface area contributed by atoms with Gasteiger partial charge in [0.25, 0.3) is 11.8 Å². The second-order valence-electron chi connectivity index (χ2n) is 7.78. The summed E-state index contributed by atoms with van der Waals surface area (Å²) in [5.74, 6) is 0.360. The van der Waals surface area contributed by atoms with Crippen LogP contribution in [0.1, 0.15) is 26.3 Å². The molecule has 164 valence electrons. The lowest BCUT2D eigenvalue weighted by atomic mass is 10.1. The third-order valence-corrected chi connectivity index (χ3v) is 5.67. The van der Waals surface area contributed by atoms with E-state index in [-0.39, 0.29) is 11.8 Å². The smallest absolute Gasteiger partial charge is 0.256 e. The van der Waals surface area contributed by atoms with Crippen molar-refractivity contribution < 1.29 is 14.3 Å². The molecule has 0 spiro atoms. The average molecular weight is 430 g/mol. The number of piperazine rings is 1. The van der Waals surface area contributed by atoms with Gasteiger partial charge in [-0.1, -0.05) is 42.5 Å². The van der Waals surface area contributed by atoms with E-state index in [4.69, 9.17) is 4.74 Å². The molecule has 1 N–H and O–H groups in total. The number of hydrogen-bond acceptors (Lipinski definition) is 4. The number of carbonyl (C=O) groups excluding carboxylic acids is 2. The van der Waals surface area contributed by atoms with E-state index in [1.807, 2.05) is 35.2 Å². The second kappa shape index (κ2) is 10.1. The Balaban J connectivity index is 1.39. The zero-order valence-corrected chi connectivity index (χ0v) is 18.2. The summed E-state index contributed by atoms with van der Waals surface area (Å²) in [6, 6.07) is 24.4. The van der Waals surface area contributed by atoms with E-state index in [9.17, 15) is 9.59 Å². The number of rotatable bonds is 6. The molecule has 6 heteroatoms. The fourth-order valence-corrected chi connectivity index (χ4v) is 3.84. The first-order valence-electron chi connectivity index (χ1n) is 10.7. The summed E-state index contributed by atoms with van der Waals surface area (Å²) < 4.78 is 5.14. The Labute approximate surface area is 188 Å². The van der Waals surface area contributed by atoms with Crippen LogP contribution in [-0.4, -0.2) is 54.9 Å². The normalized spacial score (nSPS) is 14.1. The van der Waals surface area contributed by atoms with Crippen molar-refractivity contribution in [1.82, 2.24) is 9.80 Å². The van der Waals surface area contributed by atoms with Crippen LogP contribution in [0.15, 0.2) is 78.9 Å². The number of benzene rings is 3. The standard InChI is InChI=1S/C26H27N3O3/c1-32-22-13-11-21(12-14-22)25(30)27-24-10-6-5-9-23(24)26(31)29-17-15-28(16-18-29)19-20-7-3-2-4-8-20/h2-14H,15-19H2,1H3,(H,27,30). The van der Waals surface area contributed by atoms with Crippen LogP contribution in [0.4, 0.5) is 5.69 Å². The molecule has 0 atom stereocenters. The number of para-hydroxylation sites is 1. The summed E-state index contributed by atoms with van der Waals surface area (Å²) >= 11 is 0.